The molecule has 0 saturated heterocycles. The number of carboxylic acids is 1. The fourth-order valence-corrected chi connectivity index (χ4v) is 2.56. The predicted octanol–water partition coefficient (Wildman–Crippen LogP) is 2.61. The first-order valence-electron chi connectivity index (χ1n) is 5.84. The average Bonchev–Trinajstić information content (AvgIpc) is 2.77. The maximum Gasteiger partial charge on any atom is 0.326 e. The van der Waals surface area contributed by atoms with Crippen LogP contribution >= 0.6 is 23.2 Å². The topological polar surface area (TPSA) is 82.2 Å². The number of fused-ring (bicyclic) bond motifs is 1. The van der Waals surface area contributed by atoms with Crippen molar-refractivity contribution in [2.24, 2.45) is 0 Å². The molecule has 0 saturated carbocycles. The molecule has 0 fully saturated rings. The molecule has 3 N–H and O–H groups in total. The van der Waals surface area contributed by atoms with Gasteiger partial charge in [-0.3, -0.25) is 4.79 Å². The van der Waals surface area contributed by atoms with Crippen LogP contribution in [0.3, 0.4) is 0 Å². The largest absolute Gasteiger partial charge is 0.480 e. The maximum atomic E-state index is 11.2. The number of aromatic nitrogens is 1. The second-order valence-electron chi connectivity index (χ2n) is 4.39. The SMILES string of the molecule is CC(=O)NC(Cc1c[nH]c2c(Cl)ccc(Cl)c12)C(=O)O. The van der Waals surface area contributed by atoms with Gasteiger partial charge in [0.1, 0.15) is 6.04 Å². The molecule has 1 unspecified atom stereocenters. The zero-order valence-electron chi connectivity index (χ0n) is 10.5. The summed E-state index contributed by atoms with van der Waals surface area (Å²) in [4.78, 5) is 25.2. The number of hydrogen-bond donors (Lipinski definition) is 3. The van der Waals surface area contributed by atoms with E-state index < -0.39 is 17.9 Å². The van der Waals surface area contributed by atoms with Crippen molar-refractivity contribution < 1.29 is 14.7 Å². The Kier molecular flexibility index (Phi) is 4.20. The van der Waals surface area contributed by atoms with E-state index in [4.69, 9.17) is 28.3 Å². The number of carbonyl (C=O) groups is 2. The Morgan fingerprint density at radius 3 is 2.60 bits per heavy atom. The highest BCUT2D eigenvalue weighted by molar-refractivity contribution is 6.40. The molecule has 1 amide bonds. The first-order chi connectivity index (χ1) is 9.40. The summed E-state index contributed by atoms with van der Waals surface area (Å²) in [5.41, 5.74) is 1.34. The third-order valence-corrected chi connectivity index (χ3v) is 3.55. The summed E-state index contributed by atoms with van der Waals surface area (Å²) in [6.07, 6.45) is 1.77. The van der Waals surface area contributed by atoms with Gasteiger partial charge in [-0.25, -0.2) is 4.79 Å². The van der Waals surface area contributed by atoms with Gasteiger partial charge >= 0.3 is 5.97 Å². The summed E-state index contributed by atoms with van der Waals surface area (Å²) >= 11 is 12.2. The Bertz CT molecular complexity index is 682. The van der Waals surface area contributed by atoms with Crippen LogP contribution in [-0.2, 0) is 16.0 Å². The third-order valence-electron chi connectivity index (χ3n) is 2.92. The summed E-state index contributed by atoms with van der Waals surface area (Å²) in [6, 6.07) is 2.30. The lowest BCUT2D eigenvalue weighted by atomic mass is 10.0. The molecule has 1 atom stereocenters. The highest BCUT2D eigenvalue weighted by Gasteiger charge is 2.21. The molecular weight excluding hydrogens is 303 g/mol. The van der Waals surface area contributed by atoms with E-state index in [-0.39, 0.29) is 6.42 Å². The average molecular weight is 315 g/mol. The Hall–Kier alpha value is -1.72. The molecule has 0 radical (unpaired) electrons. The lowest BCUT2D eigenvalue weighted by Gasteiger charge is -2.12. The van der Waals surface area contributed by atoms with E-state index in [0.29, 0.717) is 26.5 Å². The van der Waals surface area contributed by atoms with Crippen LogP contribution in [0.4, 0.5) is 0 Å². The fourth-order valence-electron chi connectivity index (χ4n) is 2.06. The molecule has 106 valence electrons. The van der Waals surface area contributed by atoms with Gasteiger partial charge in [-0.15, -0.1) is 0 Å². The molecule has 0 bridgehead atoms. The quantitative estimate of drug-likeness (QED) is 0.811. The van der Waals surface area contributed by atoms with Crippen LogP contribution in [-0.4, -0.2) is 28.0 Å². The number of hydrogen-bond acceptors (Lipinski definition) is 2. The van der Waals surface area contributed by atoms with Crippen LogP contribution in [0, 0.1) is 0 Å². The first kappa shape index (κ1) is 14.7. The lowest BCUT2D eigenvalue weighted by Crippen LogP contribution is -2.41. The van der Waals surface area contributed by atoms with Crippen LogP contribution in [0.5, 0.6) is 0 Å². The zero-order valence-corrected chi connectivity index (χ0v) is 12.0. The summed E-state index contributed by atoms with van der Waals surface area (Å²) in [6.45, 7) is 1.27. The van der Waals surface area contributed by atoms with E-state index in [2.05, 4.69) is 10.3 Å². The smallest absolute Gasteiger partial charge is 0.326 e. The van der Waals surface area contributed by atoms with Crippen LogP contribution in [0.15, 0.2) is 18.3 Å². The van der Waals surface area contributed by atoms with Gasteiger partial charge in [0.15, 0.2) is 0 Å². The van der Waals surface area contributed by atoms with E-state index in [0.717, 1.165) is 0 Å². The Labute approximate surface area is 124 Å². The summed E-state index contributed by atoms with van der Waals surface area (Å²) in [5, 5.41) is 13.2. The number of carbonyl (C=O) groups excluding carboxylic acids is 1. The first-order valence-corrected chi connectivity index (χ1v) is 6.59. The minimum absolute atomic E-state index is 0.120. The molecule has 0 aliphatic carbocycles. The number of nitrogens with one attached hydrogen (secondary N) is 2. The Morgan fingerprint density at radius 1 is 1.35 bits per heavy atom. The number of H-pyrrole nitrogens is 1. The van der Waals surface area contributed by atoms with Gasteiger partial charge in [-0.2, -0.15) is 0 Å². The van der Waals surface area contributed by atoms with Crippen molar-refractivity contribution in [1.29, 1.82) is 0 Å². The second kappa shape index (κ2) is 5.73. The molecule has 7 heteroatoms. The Balaban J connectivity index is 2.40. The maximum absolute atomic E-state index is 11.2. The van der Waals surface area contributed by atoms with Crippen molar-refractivity contribution >= 4 is 46.0 Å². The van der Waals surface area contributed by atoms with E-state index in [1.54, 1.807) is 18.3 Å². The second-order valence-corrected chi connectivity index (χ2v) is 5.20. The number of rotatable bonds is 4. The van der Waals surface area contributed by atoms with Crippen molar-refractivity contribution in [3.05, 3.63) is 33.9 Å². The van der Waals surface area contributed by atoms with Gasteiger partial charge in [0, 0.05) is 24.9 Å². The molecule has 0 aliphatic heterocycles. The van der Waals surface area contributed by atoms with Crippen LogP contribution in [0.1, 0.15) is 12.5 Å². The molecule has 2 aromatic rings. The molecule has 2 rings (SSSR count). The van der Waals surface area contributed by atoms with Crippen LogP contribution in [0.25, 0.3) is 10.9 Å². The highest BCUT2D eigenvalue weighted by atomic mass is 35.5. The number of carboxylic acid groups (broad SMARTS) is 1. The van der Waals surface area contributed by atoms with E-state index in [9.17, 15) is 9.59 Å². The molecule has 5 nitrogen and oxygen atoms in total. The highest BCUT2D eigenvalue weighted by Crippen LogP contribution is 2.32. The van der Waals surface area contributed by atoms with E-state index in [1.165, 1.54) is 6.92 Å². The number of aliphatic carboxylic acids is 1. The monoisotopic (exact) mass is 314 g/mol. The van der Waals surface area contributed by atoms with Gasteiger partial charge in [0.25, 0.3) is 0 Å². The van der Waals surface area contributed by atoms with Crippen molar-refractivity contribution in [1.82, 2.24) is 10.3 Å². The summed E-state index contributed by atoms with van der Waals surface area (Å²) in [7, 11) is 0. The molecular formula is C13H12Cl2N2O3. The zero-order chi connectivity index (χ0) is 14.9. The number of benzene rings is 1. The molecule has 1 aromatic carbocycles. The van der Waals surface area contributed by atoms with Crippen molar-refractivity contribution in [2.75, 3.05) is 0 Å². The van der Waals surface area contributed by atoms with Gasteiger partial charge in [0.05, 0.1) is 15.6 Å². The van der Waals surface area contributed by atoms with Crippen LogP contribution < -0.4 is 5.32 Å². The lowest BCUT2D eigenvalue weighted by molar-refractivity contribution is -0.141. The van der Waals surface area contributed by atoms with Crippen molar-refractivity contribution in [2.45, 2.75) is 19.4 Å². The minimum Gasteiger partial charge on any atom is -0.480 e. The van der Waals surface area contributed by atoms with Gasteiger partial charge in [0.2, 0.25) is 5.91 Å². The molecule has 1 heterocycles. The fraction of sp³-hybridized carbons (Fsp3) is 0.231. The van der Waals surface area contributed by atoms with Crippen molar-refractivity contribution in [3.63, 3.8) is 0 Å². The molecule has 1 aromatic heterocycles. The standard InChI is InChI=1S/C13H12Cl2N2O3/c1-6(18)17-10(13(19)20)4-7-5-16-12-9(15)3-2-8(14)11(7)12/h2-3,5,10,16H,4H2,1H3,(H,17,18)(H,19,20). The third kappa shape index (κ3) is 2.89. The van der Waals surface area contributed by atoms with E-state index in [1.807, 2.05) is 0 Å². The van der Waals surface area contributed by atoms with Crippen molar-refractivity contribution in [3.8, 4) is 0 Å². The van der Waals surface area contributed by atoms with E-state index >= 15 is 0 Å². The number of halogens is 2. The number of aromatic amines is 1. The minimum atomic E-state index is -1.10. The van der Waals surface area contributed by atoms with Gasteiger partial charge in [-0.1, -0.05) is 23.2 Å². The van der Waals surface area contributed by atoms with Gasteiger partial charge in [-0.05, 0) is 17.7 Å². The Morgan fingerprint density at radius 2 is 2.00 bits per heavy atom. The summed E-state index contributed by atoms with van der Waals surface area (Å²) in [5.74, 6) is -1.51. The van der Waals surface area contributed by atoms with Gasteiger partial charge < -0.3 is 15.4 Å². The molecule has 20 heavy (non-hydrogen) atoms. The number of amides is 1. The normalized spacial score (nSPS) is 12.3. The predicted molar refractivity (Wildman–Crippen MR) is 77.3 cm³/mol. The molecule has 0 aliphatic rings. The van der Waals surface area contributed by atoms with Crippen LogP contribution in [0.2, 0.25) is 10.0 Å². The summed E-state index contributed by atoms with van der Waals surface area (Å²) < 4.78 is 0. The molecule has 0 spiro atoms.